The van der Waals surface area contributed by atoms with Crippen LogP contribution in [0.2, 0.25) is 0 Å². The number of hydrogen-bond acceptors (Lipinski definition) is 4. The summed E-state index contributed by atoms with van der Waals surface area (Å²) >= 11 is 11.6. The highest BCUT2D eigenvalue weighted by Crippen LogP contribution is 2.38. The Labute approximate surface area is 130 Å². The number of hydrogen-bond donors (Lipinski definition) is 0. The Kier molecular flexibility index (Phi) is 7.88. The molecular formula is C14H21Cl2NO3. The van der Waals surface area contributed by atoms with Crippen molar-refractivity contribution in [2.75, 3.05) is 46.2 Å². The van der Waals surface area contributed by atoms with Crippen LogP contribution < -0.4 is 14.2 Å². The smallest absolute Gasteiger partial charge is 0.203 e. The lowest BCUT2D eigenvalue weighted by Crippen LogP contribution is -2.27. The van der Waals surface area contributed by atoms with Gasteiger partial charge in [-0.05, 0) is 17.7 Å². The zero-order valence-corrected chi connectivity index (χ0v) is 13.6. The molecule has 0 heterocycles. The van der Waals surface area contributed by atoms with Crippen molar-refractivity contribution in [1.82, 2.24) is 4.90 Å². The Morgan fingerprint density at radius 1 is 0.900 bits per heavy atom. The molecule has 0 aliphatic rings. The molecule has 1 rings (SSSR count). The molecule has 0 aromatic heterocycles. The van der Waals surface area contributed by atoms with E-state index < -0.39 is 0 Å². The molecule has 0 spiro atoms. The molecule has 6 heteroatoms. The van der Waals surface area contributed by atoms with Crippen LogP contribution in [0.4, 0.5) is 0 Å². The summed E-state index contributed by atoms with van der Waals surface area (Å²) in [6.07, 6.45) is 0. The second-order valence-electron chi connectivity index (χ2n) is 4.19. The standard InChI is InChI=1S/C14H21Cl2NO3/c1-18-12-8-11(9-13(19-2)14(12)20-3)10-17(6-4-15)7-5-16/h8-9H,4-7,10H2,1-3H3. The maximum Gasteiger partial charge on any atom is 0.203 e. The molecule has 0 saturated carbocycles. The lowest BCUT2D eigenvalue weighted by molar-refractivity contribution is 0.294. The lowest BCUT2D eigenvalue weighted by atomic mass is 10.1. The fourth-order valence-corrected chi connectivity index (χ4v) is 2.47. The molecule has 1 aromatic carbocycles. The van der Waals surface area contributed by atoms with Gasteiger partial charge < -0.3 is 14.2 Å². The number of ether oxygens (including phenoxy) is 3. The van der Waals surface area contributed by atoms with Crippen LogP contribution in [0, 0.1) is 0 Å². The monoisotopic (exact) mass is 321 g/mol. The van der Waals surface area contributed by atoms with Crippen molar-refractivity contribution in [3.63, 3.8) is 0 Å². The van der Waals surface area contributed by atoms with Gasteiger partial charge in [-0.2, -0.15) is 0 Å². The zero-order valence-electron chi connectivity index (χ0n) is 12.1. The molecule has 0 amide bonds. The number of alkyl halides is 2. The van der Waals surface area contributed by atoms with E-state index in [1.165, 1.54) is 0 Å². The molecule has 0 N–H and O–H groups in total. The first kappa shape index (κ1) is 17.2. The first-order chi connectivity index (χ1) is 9.69. The van der Waals surface area contributed by atoms with E-state index in [2.05, 4.69) is 4.90 Å². The number of nitrogens with zero attached hydrogens (tertiary/aromatic N) is 1. The maximum absolute atomic E-state index is 5.81. The summed E-state index contributed by atoms with van der Waals surface area (Å²) in [6, 6.07) is 3.88. The third-order valence-corrected chi connectivity index (χ3v) is 3.27. The van der Waals surface area contributed by atoms with Crippen LogP contribution in [0.3, 0.4) is 0 Å². The average Bonchev–Trinajstić information content (AvgIpc) is 2.46. The van der Waals surface area contributed by atoms with Crippen molar-refractivity contribution >= 4 is 23.2 Å². The average molecular weight is 322 g/mol. The number of methoxy groups -OCH3 is 3. The fraction of sp³-hybridized carbons (Fsp3) is 0.571. The summed E-state index contributed by atoms with van der Waals surface area (Å²) in [5.41, 5.74) is 1.06. The molecule has 0 atom stereocenters. The Bertz CT molecular complexity index is 384. The van der Waals surface area contributed by atoms with Gasteiger partial charge in [-0.1, -0.05) is 0 Å². The number of rotatable bonds is 9. The van der Waals surface area contributed by atoms with Crippen molar-refractivity contribution in [3.8, 4) is 17.2 Å². The van der Waals surface area contributed by atoms with Gasteiger partial charge in [0.25, 0.3) is 0 Å². The largest absolute Gasteiger partial charge is 0.493 e. The summed E-state index contributed by atoms with van der Waals surface area (Å²) < 4.78 is 16.0. The molecule has 0 aliphatic heterocycles. The van der Waals surface area contributed by atoms with Crippen LogP contribution in [0.15, 0.2) is 12.1 Å². The van der Waals surface area contributed by atoms with E-state index in [9.17, 15) is 0 Å². The normalized spacial score (nSPS) is 10.7. The molecule has 0 saturated heterocycles. The number of benzene rings is 1. The summed E-state index contributed by atoms with van der Waals surface area (Å²) in [5, 5.41) is 0. The van der Waals surface area contributed by atoms with Gasteiger partial charge in [-0.25, -0.2) is 0 Å². The molecule has 4 nitrogen and oxygen atoms in total. The van der Waals surface area contributed by atoms with E-state index in [0.29, 0.717) is 29.0 Å². The second kappa shape index (κ2) is 9.16. The van der Waals surface area contributed by atoms with E-state index in [1.807, 2.05) is 12.1 Å². The van der Waals surface area contributed by atoms with Crippen molar-refractivity contribution in [2.24, 2.45) is 0 Å². The van der Waals surface area contributed by atoms with Gasteiger partial charge in [0.15, 0.2) is 11.5 Å². The molecule has 1 aromatic rings. The zero-order chi connectivity index (χ0) is 15.0. The lowest BCUT2D eigenvalue weighted by Gasteiger charge is -2.21. The molecule has 0 unspecified atom stereocenters. The predicted octanol–water partition coefficient (Wildman–Crippen LogP) is 2.99. The minimum atomic E-state index is 0.571. The van der Waals surface area contributed by atoms with Gasteiger partial charge in [0.1, 0.15) is 0 Å². The Balaban J connectivity index is 2.99. The highest BCUT2D eigenvalue weighted by atomic mass is 35.5. The van der Waals surface area contributed by atoms with Crippen LogP contribution in [-0.4, -0.2) is 51.1 Å². The van der Waals surface area contributed by atoms with Crippen molar-refractivity contribution in [1.29, 1.82) is 0 Å². The van der Waals surface area contributed by atoms with Gasteiger partial charge in [-0.15, -0.1) is 23.2 Å². The van der Waals surface area contributed by atoms with Crippen molar-refractivity contribution in [3.05, 3.63) is 17.7 Å². The predicted molar refractivity (Wildman–Crippen MR) is 82.8 cm³/mol. The van der Waals surface area contributed by atoms with E-state index >= 15 is 0 Å². The molecule has 0 radical (unpaired) electrons. The minimum absolute atomic E-state index is 0.571. The fourth-order valence-electron chi connectivity index (χ4n) is 1.99. The van der Waals surface area contributed by atoms with E-state index in [0.717, 1.165) is 25.2 Å². The van der Waals surface area contributed by atoms with Crippen molar-refractivity contribution in [2.45, 2.75) is 6.54 Å². The van der Waals surface area contributed by atoms with E-state index in [4.69, 9.17) is 37.4 Å². The van der Waals surface area contributed by atoms with Gasteiger partial charge in [0, 0.05) is 31.4 Å². The molecular weight excluding hydrogens is 301 g/mol. The van der Waals surface area contributed by atoms with Crippen LogP contribution >= 0.6 is 23.2 Å². The molecule has 0 fully saturated rings. The minimum Gasteiger partial charge on any atom is -0.493 e. The Morgan fingerprint density at radius 2 is 1.40 bits per heavy atom. The maximum atomic E-state index is 5.81. The highest BCUT2D eigenvalue weighted by molar-refractivity contribution is 6.18. The first-order valence-corrected chi connectivity index (χ1v) is 7.40. The van der Waals surface area contributed by atoms with E-state index in [1.54, 1.807) is 21.3 Å². The third kappa shape index (κ3) is 4.62. The Hall–Kier alpha value is -0.840. The summed E-state index contributed by atoms with van der Waals surface area (Å²) in [6.45, 7) is 2.30. The SMILES string of the molecule is COc1cc(CN(CCCl)CCCl)cc(OC)c1OC. The van der Waals surface area contributed by atoms with Crippen molar-refractivity contribution < 1.29 is 14.2 Å². The Morgan fingerprint density at radius 3 is 1.75 bits per heavy atom. The summed E-state index contributed by atoms with van der Waals surface area (Å²) in [4.78, 5) is 2.18. The highest BCUT2D eigenvalue weighted by Gasteiger charge is 2.14. The quantitative estimate of drug-likeness (QED) is 0.654. The van der Waals surface area contributed by atoms with Crippen LogP contribution in [-0.2, 0) is 6.54 Å². The van der Waals surface area contributed by atoms with Gasteiger partial charge in [0.05, 0.1) is 21.3 Å². The summed E-state index contributed by atoms with van der Waals surface area (Å²) in [7, 11) is 4.81. The van der Waals surface area contributed by atoms with Crippen LogP contribution in [0.1, 0.15) is 5.56 Å². The first-order valence-electron chi connectivity index (χ1n) is 6.33. The molecule has 0 aliphatic carbocycles. The molecule has 20 heavy (non-hydrogen) atoms. The van der Waals surface area contributed by atoms with Gasteiger partial charge >= 0.3 is 0 Å². The second-order valence-corrected chi connectivity index (χ2v) is 4.94. The summed E-state index contributed by atoms with van der Waals surface area (Å²) in [5.74, 6) is 3.04. The number of halogens is 2. The van der Waals surface area contributed by atoms with E-state index in [-0.39, 0.29) is 0 Å². The van der Waals surface area contributed by atoms with Crippen LogP contribution in [0.5, 0.6) is 17.2 Å². The molecule has 0 bridgehead atoms. The third-order valence-electron chi connectivity index (χ3n) is 2.93. The topological polar surface area (TPSA) is 30.9 Å². The van der Waals surface area contributed by atoms with Gasteiger partial charge in [-0.3, -0.25) is 4.90 Å². The van der Waals surface area contributed by atoms with Gasteiger partial charge in [0.2, 0.25) is 5.75 Å². The molecule has 114 valence electrons. The van der Waals surface area contributed by atoms with Crippen LogP contribution in [0.25, 0.3) is 0 Å².